The van der Waals surface area contributed by atoms with E-state index in [1.54, 1.807) is 18.2 Å². The predicted molar refractivity (Wildman–Crippen MR) is 122 cm³/mol. The number of rotatable bonds is 6. The van der Waals surface area contributed by atoms with Crippen molar-refractivity contribution >= 4 is 55.5 Å². The van der Waals surface area contributed by atoms with Crippen LogP contribution in [-0.2, 0) is 16.6 Å². The normalized spacial score (nSPS) is 11.6. The van der Waals surface area contributed by atoms with Gasteiger partial charge in [0.2, 0.25) is 0 Å². The van der Waals surface area contributed by atoms with Crippen molar-refractivity contribution in [3.63, 3.8) is 0 Å². The highest BCUT2D eigenvalue weighted by Crippen LogP contribution is 2.27. The number of benzene rings is 3. The van der Waals surface area contributed by atoms with Crippen LogP contribution in [0.3, 0.4) is 0 Å². The van der Waals surface area contributed by atoms with Crippen LogP contribution >= 0.6 is 11.7 Å². The Hall–Kier alpha value is -3.63. The number of hydrogen-bond acceptors (Lipinski definition) is 8. The molecule has 3 aromatic carbocycles. The van der Waals surface area contributed by atoms with Gasteiger partial charge in [-0.05, 0) is 29.8 Å². The van der Waals surface area contributed by atoms with Gasteiger partial charge in [-0.3, -0.25) is 4.72 Å². The number of nitrogens with zero attached hydrogens (tertiary/aromatic N) is 4. The maximum absolute atomic E-state index is 13.2. The molecule has 2 N–H and O–H groups in total. The zero-order valence-electron chi connectivity index (χ0n) is 16.1. The van der Waals surface area contributed by atoms with Gasteiger partial charge in [0.05, 0.1) is 22.8 Å². The number of hydrogen-bond donors (Lipinski definition) is 2. The van der Waals surface area contributed by atoms with Gasteiger partial charge in [-0.25, -0.2) is 18.4 Å². The Balaban J connectivity index is 1.55. The molecular weight excluding hydrogens is 432 g/mol. The van der Waals surface area contributed by atoms with Crippen molar-refractivity contribution < 1.29 is 8.42 Å². The van der Waals surface area contributed by atoms with E-state index in [4.69, 9.17) is 0 Å². The van der Waals surface area contributed by atoms with E-state index >= 15 is 0 Å². The molecule has 0 fully saturated rings. The van der Waals surface area contributed by atoms with Gasteiger partial charge in [0.1, 0.15) is 15.9 Å². The van der Waals surface area contributed by atoms with E-state index in [2.05, 4.69) is 28.8 Å². The summed E-state index contributed by atoms with van der Waals surface area (Å²) in [6.45, 7) is 0.466. The van der Waals surface area contributed by atoms with E-state index in [-0.39, 0.29) is 10.7 Å². The van der Waals surface area contributed by atoms with Gasteiger partial charge >= 0.3 is 0 Å². The monoisotopic (exact) mass is 448 g/mol. The molecule has 0 unspecified atom stereocenters. The minimum absolute atomic E-state index is 0.0442. The molecule has 0 spiro atoms. The van der Waals surface area contributed by atoms with Crippen molar-refractivity contribution in [1.29, 1.82) is 0 Å². The fourth-order valence-electron chi connectivity index (χ4n) is 3.16. The zero-order valence-corrected chi connectivity index (χ0v) is 17.7. The third-order valence-electron chi connectivity index (χ3n) is 4.64. The topological polar surface area (TPSA) is 110 Å². The zero-order chi connectivity index (χ0) is 21.3. The Kier molecular flexibility index (Phi) is 4.92. The second-order valence-electron chi connectivity index (χ2n) is 6.74. The highest BCUT2D eigenvalue weighted by atomic mass is 32.2. The lowest BCUT2D eigenvalue weighted by atomic mass is 10.2. The van der Waals surface area contributed by atoms with E-state index in [0.717, 1.165) is 17.3 Å². The first-order valence-corrected chi connectivity index (χ1v) is 11.6. The quantitative estimate of drug-likeness (QED) is 0.403. The first-order valence-electron chi connectivity index (χ1n) is 9.39. The fourth-order valence-corrected chi connectivity index (χ4v) is 4.93. The van der Waals surface area contributed by atoms with Crippen LogP contribution in [0.15, 0.2) is 77.7 Å². The van der Waals surface area contributed by atoms with Crippen LogP contribution in [0.25, 0.3) is 22.1 Å². The van der Waals surface area contributed by atoms with Crippen LogP contribution in [0.4, 0.5) is 11.6 Å². The Labute approximate surface area is 182 Å². The molecule has 0 atom stereocenters. The predicted octanol–water partition coefficient (Wildman–Crippen LogP) is 4.05. The summed E-state index contributed by atoms with van der Waals surface area (Å²) >= 11 is 0.968. The Morgan fingerprint density at radius 1 is 0.742 bits per heavy atom. The molecule has 5 rings (SSSR count). The number of anilines is 2. The summed E-state index contributed by atoms with van der Waals surface area (Å²) in [7, 11) is -3.97. The minimum Gasteiger partial charge on any atom is -0.363 e. The van der Waals surface area contributed by atoms with Gasteiger partial charge in [-0.1, -0.05) is 48.5 Å². The lowest BCUT2D eigenvalue weighted by molar-refractivity contribution is 0.601. The van der Waals surface area contributed by atoms with Crippen LogP contribution in [0.5, 0.6) is 0 Å². The largest absolute Gasteiger partial charge is 0.363 e. The van der Waals surface area contributed by atoms with Crippen molar-refractivity contribution in [2.75, 3.05) is 10.0 Å². The molecule has 0 aliphatic carbocycles. The van der Waals surface area contributed by atoms with Crippen LogP contribution in [0.2, 0.25) is 0 Å². The fraction of sp³-hybridized carbons (Fsp3) is 0.0476. The van der Waals surface area contributed by atoms with E-state index in [1.165, 1.54) is 6.07 Å². The van der Waals surface area contributed by atoms with Crippen molar-refractivity contribution in [3.8, 4) is 0 Å². The molecule has 0 amide bonds. The second-order valence-corrected chi connectivity index (χ2v) is 8.92. The maximum Gasteiger partial charge on any atom is 0.265 e. The highest BCUT2D eigenvalue weighted by Gasteiger charge is 2.22. The smallest absolute Gasteiger partial charge is 0.265 e. The highest BCUT2D eigenvalue weighted by molar-refractivity contribution is 7.93. The summed E-state index contributed by atoms with van der Waals surface area (Å²) in [5.41, 5.74) is 3.13. The molecule has 0 saturated carbocycles. The van der Waals surface area contributed by atoms with Gasteiger partial charge in [0, 0.05) is 6.54 Å². The van der Waals surface area contributed by atoms with Crippen molar-refractivity contribution in [2.45, 2.75) is 11.4 Å². The van der Waals surface area contributed by atoms with Gasteiger partial charge in [-0.15, -0.1) is 0 Å². The number of nitrogens with one attached hydrogen (secondary N) is 2. The molecule has 0 bridgehead atoms. The summed E-state index contributed by atoms with van der Waals surface area (Å²) in [5.74, 6) is 0.463. The van der Waals surface area contributed by atoms with Gasteiger partial charge in [0.15, 0.2) is 11.6 Å². The molecule has 0 aliphatic heterocycles. The van der Waals surface area contributed by atoms with E-state index < -0.39 is 10.0 Å². The maximum atomic E-state index is 13.2. The lowest BCUT2D eigenvalue weighted by Gasteiger charge is -2.14. The molecule has 0 radical (unpaired) electrons. The third kappa shape index (κ3) is 3.90. The number of aromatic nitrogens is 4. The Morgan fingerprint density at radius 3 is 2.19 bits per heavy atom. The first-order chi connectivity index (χ1) is 15.1. The summed E-state index contributed by atoms with van der Waals surface area (Å²) in [6.07, 6.45) is 0. The standard InChI is InChI=1S/C21H16N6O2S2/c28-31(29,18-12-6-11-17-19(18)26-30-25-17)27-21-20(22-13-14-7-2-1-3-8-14)23-15-9-4-5-10-16(15)24-21/h1-12H,13H2,(H,22,23)(H,24,27). The van der Waals surface area contributed by atoms with Gasteiger partial charge in [0.25, 0.3) is 10.0 Å². The molecule has 2 heterocycles. The Bertz CT molecular complexity index is 1490. The molecule has 154 valence electrons. The number of para-hydroxylation sites is 2. The molecule has 5 aromatic rings. The van der Waals surface area contributed by atoms with Crippen molar-refractivity contribution in [1.82, 2.24) is 18.7 Å². The van der Waals surface area contributed by atoms with E-state index in [0.29, 0.717) is 34.4 Å². The van der Waals surface area contributed by atoms with Crippen LogP contribution in [0.1, 0.15) is 5.56 Å². The molecule has 10 heteroatoms. The molecule has 31 heavy (non-hydrogen) atoms. The SMILES string of the molecule is O=S(=O)(Nc1nc2ccccc2nc1NCc1ccccc1)c1cccc2nsnc12. The lowest BCUT2D eigenvalue weighted by Crippen LogP contribution is -2.17. The molecule has 0 saturated heterocycles. The molecule has 8 nitrogen and oxygen atoms in total. The van der Waals surface area contributed by atoms with E-state index in [1.807, 2.05) is 48.5 Å². The van der Waals surface area contributed by atoms with Crippen molar-refractivity contribution in [3.05, 3.63) is 78.4 Å². The van der Waals surface area contributed by atoms with Gasteiger partial charge < -0.3 is 5.32 Å². The Morgan fingerprint density at radius 2 is 1.42 bits per heavy atom. The summed E-state index contributed by atoms with van der Waals surface area (Å²) in [4.78, 5) is 9.16. The molecule has 2 aromatic heterocycles. The minimum atomic E-state index is -3.97. The first kappa shape index (κ1) is 19.3. The molecular formula is C21H16N6O2S2. The molecule has 0 aliphatic rings. The van der Waals surface area contributed by atoms with Gasteiger partial charge in [-0.2, -0.15) is 8.75 Å². The third-order valence-corrected chi connectivity index (χ3v) is 6.56. The van der Waals surface area contributed by atoms with Crippen LogP contribution < -0.4 is 10.0 Å². The van der Waals surface area contributed by atoms with Crippen molar-refractivity contribution in [2.24, 2.45) is 0 Å². The number of fused-ring (bicyclic) bond motifs is 2. The second kappa shape index (κ2) is 7.89. The summed E-state index contributed by atoms with van der Waals surface area (Å²) < 4.78 is 37.3. The van der Waals surface area contributed by atoms with Crippen LogP contribution in [-0.4, -0.2) is 27.1 Å². The van der Waals surface area contributed by atoms with Crippen LogP contribution in [0, 0.1) is 0 Å². The average Bonchev–Trinajstić information content (AvgIpc) is 3.27. The summed E-state index contributed by atoms with van der Waals surface area (Å²) in [6, 6.07) is 21.9. The average molecular weight is 449 g/mol. The summed E-state index contributed by atoms with van der Waals surface area (Å²) in [5, 5.41) is 3.20. The number of sulfonamides is 1. The van der Waals surface area contributed by atoms with E-state index in [9.17, 15) is 8.42 Å².